The van der Waals surface area contributed by atoms with Gasteiger partial charge in [0.1, 0.15) is 13.2 Å². The molecule has 0 saturated carbocycles. The van der Waals surface area contributed by atoms with Crippen LogP contribution in [0.3, 0.4) is 0 Å². The Morgan fingerprint density at radius 2 is 1.89 bits per heavy atom. The first-order chi connectivity index (χ1) is 9.33. The maximum Gasteiger partial charge on any atom is 0.161 e. The average molecular weight is 260 g/mol. The normalized spacial score (nSPS) is 26.7. The average Bonchev–Trinajstić information content (AvgIpc) is 2.38. The summed E-state index contributed by atoms with van der Waals surface area (Å²) in [5.74, 6) is 2.59. The van der Waals surface area contributed by atoms with Gasteiger partial charge in [0.05, 0.1) is 0 Å². The van der Waals surface area contributed by atoms with Gasteiger partial charge >= 0.3 is 0 Å². The van der Waals surface area contributed by atoms with Crippen LogP contribution in [0.4, 0.5) is 0 Å². The molecule has 3 aliphatic heterocycles. The van der Waals surface area contributed by atoms with E-state index in [1.54, 1.807) is 0 Å². The molecule has 4 heteroatoms. The molecule has 1 aromatic rings. The summed E-state index contributed by atoms with van der Waals surface area (Å²) in [6.07, 6.45) is 1.11. The molecule has 1 fully saturated rings. The van der Waals surface area contributed by atoms with Crippen molar-refractivity contribution >= 4 is 0 Å². The fourth-order valence-corrected chi connectivity index (χ4v) is 3.46. The lowest BCUT2D eigenvalue weighted by Gasteiger charge is -2.44. The van der Waals surface area contributed by atoms with Gasteiger partial charge in [-0.05, 0) is 36.7 Å². The van der Waals surface area contributed by atoms with Gasteiger partial charge in [-0.15, -0.1) is 0 Å². The third-order valence-corrected chi connectivity index (χ3v) is 4.59. The van der Waals surface area contributed by atoms with Gasteiger partial charge in [-0.1, -0.05) is 0 Å². The largest absolute Gasteiger partial charge is 0.486 e. The maximum atomic E-state index is 5.75. The fourth-order valence-electron chi connectivity index (χ4n) is 3.46. The van der Waals surface area contributed by atoms with Crippen molar-refractivity contribution in [2.75, 3.05) is 39.9 Å². The standard InChI is InChI=1S/C15H20N2O2/c1-17-3-2-10-6-13-14(19-5-4-18-13)7-12(10)15(17)11-8-16-9-11/h6-7,11,15-16H,2-5,8-9H2,1H3. The molecule has 1 unspecified atom stereocenters. The van der Waals surface area contributed by atoms with Gasteiger partial charge in [-0.3, -0.25) is 4.90 Å². The van der Waals surface area contributed by atoms with E-state index in [2.05, 4.69) is 29.4 Å². The van der Waals surface area contributed by atoms with Gasteiger partial charge in [0.2, 0.25) is 0 Å². The minimum absolute atomic E-state index is 0.529. The molecule has 1 N–H and O–H groups in total. The van der Waals surface area contributed by atoms with Crippen LogP contribution in [0.15, 0.2) is 12.1 Å². The van der Waals surface area contributed by atoms with Gasteiger partial charge in [0.25, 0.3) is 0 Å². The summed E-state index contributed by atoms with van der Waals surface area (Å²) >= 11 is 0. The van der Waals surface area contributed by atoms with Crippen molar-refractivity contribution in [1.29, 1.82) is 0 Å². The first-order valence-corrected chi connectivity index (χ1v) is 7.16. The van der Waals surface area contributed by atoms with Crippen LogP contribution >= 0.6 is 0 Å². The Labute approximate surface area is 113 Å². The lowest BCUT2D eigenvalue weighted by Crippen LogP contribution is -2.51. The zero-order valence-corrected chi connectivity index (χ0v) is 11.3. The minimum Gasteiger partial charge on any atom is -0.486 e. The molecule has 0 spiro atoms. The second kappa shape index (κ2) is 4.39. The van der Waals surface area contributed by atoms with Gasteiger partial charge in [0, 0.05) is 31.6 Å². The topological polar surface area (TPSA) is 33.7 Å². The number of nitrogens with zero attached hydrogens (tertiary/aromatic N) is 1. The quantitative estimate of drug-likeness (QED) is 0.823. The van der Waals surface area contributed by atoms with Crippen LogP contribution in [-0.4, -0.2) is 44.8 Å². The summed E-state index contributed by atoms with van der Waals surface area (Å²) in [6.45, 7) is 4.72. The van der Waals surface area contributed by atoms with Crippen LogP contribution in [0.1, 0.15) is 17.2 Å². The molecule has 0 bridgehead atoms. The van der Waals surface area contributed by atoms with Crippen molar-refractivity contribution in [2.24, 2.45) is 5.92 Å². The fraction of sp³-hybridized carbons (Fsp3) is 0.600. The third kappa shape index (κ3) is 1.82. The second-order valence-corrected chi connectivity index (χ2v) is 5.79. The highest BCUT2D eigenvalue weighted by Gasteiger charge is 2.36. The molecule has 3 heterocycles. The first kappa shape index (κ1) is 11.6. The summed E-state index contributed by atoms with van der Waals surface area (Å²) < 4.78 is 11.4. The number of rotatable bonds is 1. The number of hydrogen-bond acceptors (Lipinski definition) is 4. The Bertz CT molecular complexity index is 499. The van der Waals surface area contributed by atoms with E-state index in [4.69, 9.17) is 9.47 Å². The highest BCUT2D eigenvalue weighted by molar-refractivity contribution is 5.50. The molecular weight excluding hydrogens is 240 g/mol. The van der Waals surface area contributed by atoms with Crippen molar-refractivity contribution in [2.45, 2.75) is 12.5 Å². The number of benzene rings is 1. The van der Waals surface area contributed by atoms with E-state index in [1.807, 2.05) is 0 Å². The van der Waals surface area contributed by atoms with E-state index in [0.717, 1.165) is 43.5 Å². The Hall–Kier alpha value is -1.26. The van der Waals surface area contributed by atoms with Gasteiger partial charge in [-0.25, -0.2) is 0 Å². The number of likely N-dealkylation sites (N-methyl/N-ethyl adjacent to an activating group) is 1. The van der Waals surface area contributed by atoms with Crippen LogP contribution in [-0.2, 0) is 6.42 Å². The Morgan fingerprint density at radius 3 is 2.58 bits per heavy atom. The lowest BCUT2D eigenvalue weighted by molar-refractivity contribution is 0.123. The molecule has 4 rings (SSSR count). The number of hydrogen-bond donors (Lipinski definition) is 1. The van der Waals surface area contributed by atoms with Gasteiger partial charge < -0.3 is 14.8 Å². The summed E-state index contributed by atoms with van der Waals surface area (Å²) in [4.78, 5) is 2.49. The molecule has 0 amide bonds. The van der Waals surface area contributed by atoms with E-state index in [-0.39, 0.29) is 0 Å². The van der Waals surface area contributed by atoms with Crippen LogP contribution in [0.25, 0.3) is 0 Å². The van der Waals surface area contributed by atoms with Gasteiger partial charge in [0.15, 0.2) is 11.5 Å². The molecule has 3 aliphatic rings. The Kier molecular flexibility index (Phi) is 2.67. The molecule has 1 atom stereocenters. The van der Waals surface area contributed by atoms with Crippen molar-refractivity contribution in [1.82, 2.24) is 10.2 Å². The molecule has 0 aliphatic carbocycles. The summed E-state index contributed by atoms with van der Waals surface area (Å²) in [7, 11) is 2.24. The third-order valence-electron chi connectivity index (χ3n) is 4.59. The van der Waals surface area contributed by atoms with Gasteiger partial charge in [-0.2, -0.15) is 0 Å². The van der Waals surface area contributed by atoms with Crippen molar-refractivity contribution in [3.8, 4) is 11.5 Å². The molecule has 1 aromatic carbocycles. The van der Waals surface area contributed by atoms with Crippen LogP contribution in [0.2, 0.25) is 0 Å². The second-order valence-electron chi connectivity index (χ2n) is 5.79. The first-order valence-electron chi connectivity index (χ1n) is 7.16. The molecular formula is C15H20N2O2. The van der Waals surface area contributed by atoms with Crippen LogP contribution < -0.4 is 14.8 Å². The highest BCUT2D eigenvalue weighted by Crippen LogP contribution is 2.42. The van der Waals surface area contributed by atoms with Crippen molar-refractivity contribution in [3.05, 3.63) is 23.3 Å². The highest BCUT2D eigenvalue weighted by atomic mass is 16.6. The number of ether oxygens (including phenoxy) is 2. The molecule has 0 aromatic heterocycles. The zero-order valence-electron chi connectivity index (χ0n) is 11.3. The van der Waals surface area contributed by atoms with E-state index in [1.165, 1.54) is 11.1 Å². The molecule has 0 radical (unpaired) electrons. The molecule has 4 nitrogen and oxygen atoms in total. The summed E-state index contributed by atoms with van der Waals surface area (Å²) in [5, 5.41) is 3.39. The Morgan fingerprint density at radius 1 is 1.16 bits per heavy atom. The van der Waals surface area contributed by atoms with E-state index in [0.29, 0.717) is 19.3 Å². The predicted octanol–water partition coefficient (Wildman–Crippen LogP) is 1.21. The summed E-state index contributed by atoms with van der Waals surface area (Å²) in [5.41, 5.74) is 2.89. The van der Waals surface area contributed by atoms with E-state index in [9.17, 15) is 0 Å². The predicted molar refractivity (Wildman–Crippen MR) is 72.9 cm³/mol. The van der Waals surface area contributed by atoms with Crippen LogP contribution in [0, 0.1) is 5.92 Å². The lowest BCUT2D eigenvalue weighted by atomic mass is 9.82. The summed E-state index contributed by atoms with van der Waals surface area (Å²) in [6, 6.07) is 4.96. The van der Waals surface area contributed by atoms with E-state index >= 15 is 0 Å². The number of fused-ring (bicyclic) bond motifs is 2. The molecule has 102 valence electrons. The SMILES string of the molecule is CN1CCc2cc3c(cc2C1C1CNC1)OCCO3. The maximum absolute atomic E-state index is 5.75. The van der Waals surface area contributed by atoms with Crippen LogP contribution in [0.5, 0.6) is 11.5 Å². The van der Waals surface area contributed by atoms with Crippen molar-refractivity contribution < 1.29 is 9.47 Å². The smallest absolute Gasteiger partial charge is 0.161 e. The zero-order chi connectivity index (χ0) is 12.8. The molecule has 19 heavy (non-hydrogen) atoms. The number of nitrogens with one attached hydrogen (secondary N) is 1. The Balaban J connectivity index is 1.76. The molecule has 1 saturated heterocycles. The monoisotopic (exact) mass is 260 g/mol. The minimum atomic E-state index is 0.529. The van der Waals surface area contributed by atoms with Crippen molar-refractivity contribution in [3.63, 3.8) is 0 Å². The van der Waals surface area contributed by atoms with E-state index < -0.39 is 0 Å².